The Balaban J connectivity index is 2.76. The topological polar surface area (TPSA) is 55.5 Å². The maximum absolute atomic E-state index is 8.87. The van der Waals surface area contributed by atoms with Crippen LogP contribution < -0.4 is 10.5 Å². The number of ether oxygens (including phenoxy) is 1. The lowest BCUT2D eigenvalue weighted by Gasteiger charge is -2.23. The molecule has 0 spiro atoms. The molecule has 18 heavy (non-hydrogen) atoms. The van der Waals surface area contributed by atoms with Crippen LogP contribution in [0.25, 0.3) is 0 Å². The third-order valence-electron chi connectivity index (χ3n) is 2.92. The van der Waals surface area contributed by atoms with Gasteiger partial charge in [0.1, 0.15) is 5.75 Å². The molecule has 0 aliphatic carbocycles. The molecule has 0 aromatic heterocycles. The highest BCUT2D eigenvalue weighted by atomic mass is 16.5. The van der Waals surface area contributed by atoms with Crippen LogP contribution in [0.3, 0.4) is 0 Å². The summed E-state index contributed by atoms with van der Waals surface area (Å²) in [4.78, 5) is 0. The van der Waals surface area contributed by atoms with Crippen molar-refractivity contribution in [3.63, 3.8) is 0 Å². The Kier molecular flexibility index (Phi) is 5.17. The zero-order valence-corrected chi connectivity index (χ0v) is 11.9. The van der Waals surface area contributed by atoms with Crippen molar-refractivity contribution in [2.24, 2.45) is 5.73 Å². The second-order valence-electron chi connectivity index (χ2n) is 5.83. The largest absolute Gasteiger partial charge is 0.493 e. The number of aliphatic hydroxyl groups excluding tert-OH is 1. The molecular weight excluding hydrogens is 226 g/mol. The minimum Gasteiger partial charge on any atom is -0.493 e. The summed E-state index contributed by atoms with van der Waals surface area (Å²) in [5.41, 5.74) is 8.15. The van der Waals surface area contributed by atoms with Crippen LogP contribution >= 0.6 is 0 Å². The number of nitrogens with two attached hydrogens (primary N) is 1. The van der Waals surface area contributed by atoms with Crippen LogP contribution in [0.1, 0.15) is 38.3 Å². The van der Waals surface area contributed by atoms with Gasteiger partial charge in [-0.05, 0) is 30.4 Å². The summed E-state index contributed by atoms with van der Waals surface area (Å²) in [6.07, 6.45) is 0.661. The fraction of sp³-hybridized carbons (Fsp3) is 0.600. The van der Waals surface area contributed by atoms with Crippen molar-refractivity contribution in [3.05, 3.63) is 29.3 Å². The Morgan fingerprint density at radius 3 is 2.56 bits per heavy atom. The predicted octanol–water partition coefficient (Wildman–Crippen LogP) is 2.38. The summed E-state index contributed by atoms with van der Waals surface area (Å²) in [6.45, 7) is 9.15. The van der Waals surface area contributed by atoms with Crippen LogP contribution in [-0.4, -0.2) is 24.4 Å². The molecule has 0 saturated heterocycles. The zero-order valence-electron chi connectivity index (χ0n) is 11.9. The summed E-state index contributed by atoms with van der Waals surface area (Å²) in [5.74, 6) is 0.915. The summed E-state index contributed by atoms with van der Waals surface area (Å²) >= 11 is 0. The molecule has 1 aromatic rings. The SMILES string of the molecule is Cc1ccc(OCCC(N)CO)c(C(C)(C)C)c1. The molecular formula is C15H25NO2. The fourth-order valence-corrected chi connectivity index (χ4v) is 1.77. The highest BCUT2D eigenvalue weighted by Crippen LogP contribution is 2.32. The Labute approximate surface area is 110 Å². The fourth-order valence-electron chi connectivity index (χ4n) is 1.77. The van der Waals surface area contributed by atoms with E-state index >= 15 is 0 Å². The van der Waals surface area contributed by atoms with Crippen LogP contribution in [0.5, 0.6) is 5.75 Å². The first kappa shape index (κ1) is 15.0. The van der Waals surface area contributed by atoms with Crippen LogP contribution in [0, 0.1) is 6.92 Å². The molecule has 3 N–H and O–H groups in total. The molecule has 0 aliphatic rings. The second-order valence-corrected chi connectivity index (χ2v) is 5.83. The van der Waals surface area contributed by atoms with Crippen molar-refractivity contribution in [1.29, 1.82) is 0 Å². The highest BCUT2D eigenvalue weighted by molar-refractivity contribution is 5.41. The number of aliphatic hydroxyl groups is 1. The smallest absolute Gasteiger partial charge is 0.123 e. The second kappa shape index (κ2) is 6.21. The summed E-state index contributed by atoms with van der Waals surface area (Å²) in [5, 5.41) is 8.87. The molecule has 1 rings (SSSR count). The van der Waals surface area contributed by atoms with E-state index < -0.39 is 0 Å². The molecule has 0 saturated carbocycles. The molecule has 0 aliphatic heterocycles. The minimum atomic E-state index is -0.200. The molecule has 0 fully saturated rings. The molecule has 0 amide bonds. The molecule has 0 heterocycles. The Morgan fingerprint density at radius 2 is 2.00 bits per heavy atom. The number of hydrogen-bond acceptors (Lipinski definition) is 3. The van der Waals surface area contributed by atoms with Crippen molar-refractivity contribution in [2.75, 3.05) is 13.2 Å². The summed E-state index contributed by atoms with van der Waals surface area (Å²) < 4.78 is 5.80. The van der Waals surface area contributed by atoms with Gasteiger partial charge in [-0.15, -0.1) is 0 Å². The van der Waals surface area contributed by atoms with Gasteiger partial charge in [0.05, 0.1) is 13.2 Å². The van der Waals surface area contributed by atoms with Gasteiger partial charge in [0.15, 0.2) is 0 Å². The van der Waals surface area contributed by atoms with Crippen molar-refractivity contribution in [1.82, 2.24) is 0 Å². The first-order valence-corrected chi connectivity index (χ1v) is 6.45. The van der Waals surface area contributed by atoms with Crippen LogP contribution in [0.15, 0.2) is 18.2 Å². The van der Waals surface area contributed by atoms with Crippen LogP contribution in [-0.2, 0) is 5.41 Å². The maximum atomic E-state index is 8.87. The predicted molar refractivity (Wildman–Crippen MR) is 75.1 cm³/mol. The van der Waals surface area contributed by atoms with Gasteiger partial charge < -0.3 is 15.6 Å². The molecule has 1 atom stereocenters. The molecule has 1 aromatic carbocycles. The normalized spacial score (nSPS) is 13.4. The molecule has 102 valence electrons. The number of rotatable bonds is 5. The zero-order chi connectivity index (χ0) is 13.8. The standard InChI is InChI=1S/C15H25NO2/c1-11-5-6-14(13(9-11)15(2,3)4)18-8-7-12(16)10-17/h5-6,9,12,17H,7-8,10,16H2,1-4H3. The third kappa shape index (κ3) is 4.31. The number of benzene rings is 1. The van der Waals surface area contributed by atoms with E-state index in [1.165, 1.54) is 11.1 Å². The molecule has 0 bridgehead atoms. The first-order valence-electron chi connectivity index (χ1n) is 6.45. The van der Waals surface area contributed by atoms with E-state index in [1.807, 2.05) is 6.07 Å². The van der Waals surface area contributed by atoms with E-state index in [0.29, 0.717) is 13.0 Å². The van der Waals surface area contributed by atoms with Gasteiger partial charge in [-0.3, -0.25) is 0 Å². The van der Waals surface area contributed by atoms with Gasteiger partial charge in [0.2, 0.25) is 0 Å². The van der Waals surface area contributed by atoms with Crippen molar-refractivity contribution in [3.8, 4) is 5.75 Å². The van der Waals surface area contributed by atoms with E-state index in [1.54, 1.807) is 0 Å². The Bertz CT molecular complexity index is 383. The van der Waals surface area contributed by atoms with E-state index in [9.17, 15) is 0 Å². The lowest BCUT2D eigenvalue weighted by molar-refractivity contribution is 0.228. The number of hydrogen-bond donors (Lipinski definition) is 2. The molecule has 0 radical (unpaired) electrons. The maximum Gasteiger partial charge on any atom is 0.123 e. The molecule has 3 nitrogen and oxygen atoms in total. The van der Waals surface area contributed by atoms with Crippen molar-refractivity contribution >= 4 is 0 Å². The van der Waals surface area contributed by atoms with E-state index in [2.05, 4.69) is 39.8 Å². The van der Waals surface area contributed by atoms with E-state index in [4.69, 9.17) is 15.6 Å². The van der Waals surface area contributed by atoms with E-state index in [-0.39, 0.29) is 18.1 Å². The van der Waals surface area contributed by atoms with Crippen LogP contribution in [0.2, 0.25) is 0 Å². The van der Waals surface area contributed by atoms with Gasteiger partial charge in [0.25, 0.3) is 0 Å². The number of aryl methyl sites for hydroxylation is 1. The average molecular weight is 251 g/mol. The average Bonchev–Trinajstić information content (AvgIpc) is 2.29. The van der Waals surface area contributed by atoms with Crippen molar-refractivity contribution in [2.45, 2.75) is 45.6 Å². The summed E-state index contributed by atoms with van der Waals surface area (Å²) in [6, 6.07) is 6.03. The van der Waals surface area contributed by atoms with Gasteiger partial charge in [-0.1, -0.05) is 38.5 Å². The van der Waals surface area contributed by atoms with Gasteiger partial charge >= 0.3 is 0 Å². The van der Waals surface area contributed by atoms with Crippen molar-refractivity contribution < 1.29 is 9.84 Å². The quantitative estimate of drug-likeness (QED) is 0.844. The van der Waals surface area contributed by atoms with Gasteiger partial charge in [-0.25, -0.2) is 0 Å². The lowest BCUT2D eigenvalue weighted by atomic mass is 9.85. The molecule has 3 heteroatoms. The monoisotopic (exact) mass is 251 g/mol. The van der Waals surface area contributed by atoms with Crippen LogP contribution in [0.4, 0.5) is 0 Å². The summed E-state index contributed by atoms with van der Waals surface area (Å²) in [7, 11) is 0. The van der Waals surface area contributed by atoms with E-state index in [0.717, 1.165) is 5.75 Å². The highest BCUT2D eigenvalue weighted by Gasteiger charge is 2.19. The molecule has 1 unspecified atom stereocenters. The first-order chi connectivity index (χ1) is 8.34. The minimum absolute atomic E-state index is 0.00336. The van der Waals surface area contributed by atoms with Gasteiger partial charge in [0, 0.05) is 6.04 Å². The Morgan fingerprint density at radius 1 is 1.33 bits per heavy atom. The lowest BCUT2D eigenvalue weighted by Crippen LogP contribution is -2.26. The Hall–Kier alpha value is -1.06. The third-order valence-corrected chi connectivity index (χ3v) is 2.92. The van der Waals surface area contributed by atoms with Gasteiger partial charge in [-0.2, -0.15) is 0 Å².